The molecular formula is C21H18N2O. The molecule has 0 aliphatic carbocycles. The summed E-state index contributed by atoms with van der Waals surface area (Å²) in [4.78, 5) is 0. The molecule has 0 saturated heterocycles. The number of furan rings is 1. The normalized spacial score (nSPS) is 16.6. The Labute approximate surface area is 140 Å². The van der Waals surface area contributed by atoms with E-state index in [1.165, 1.54) is 22.5 Å². The number of hydrogen-bond acceptors (Lipinski definition) is 2. The molecule has 0 amide bonds. The first-order valence-corrected chi connectivity index (χ1v) is 8.29. The van der Waals surface area contributed by atoms with Crippen molar-refractivity contribution in [2.45, 2.75) is 19.5 Å². The van der Waals surface area contributed by atoms with Crippen LogP contribution in [0.4, 0.5) is 0 Å². The van der Waals surface area contributed by atoms with Crippen LogP contribution in [0.25, 0.3) is 16.7 Å². The third-order valence-electron chi connectivity index (χ3n) is 4.86. The summed E-state index contributed by atoms with van der Waals surface area (Å²) in [6.45, 7) is 2.99. The van der Waals surface area contributed by atoms with Gasteiger partial charge in [0.1, 0.15) is 17.4 Å². The van der Waals surface area contributed by atoms with Gasteiger partial charge in [0.2, 0.25) is 0 Å². The van der Waals surface area contributed by atoms with Gasteiger partial charge in [0.15, 0.2) is 0 Å². The number of nitrogens with one attached hydrogen (secondary N) is 1. The van der Waals surface area contributed by atoms with Crippen molar-refractivity contribution in [2.75, 3.05) is 0 Å². The van der Waals surface area contributed by atoms with Gasteiger partial charge in [-0.15, -0.1) is 0 Å². The maximum Gasteiger partial charge on any atom is 0.134 e. The number of para-hydroxylation sites is 2. The molecule has 0 fully saturated rings. The van der Waals surface area contributed by atoms with Gasteiger partial charge < -0.3 is 8.98 Å². The smallest absolute Gasteiger partial charge is 0.134 e. The molecule has 0 radical (unpaired) electrons. The molecule has 1 aliphatic rings. The fraction of sp³-hybridized carbons (Fsp3) is 0.143. The minimum Gasteiger partial charge on any atom is -0.459 e. The molecule has 24 heavy (non-hydrogen) atoms. The monoisotopic (exact) mass is 314 g/mol. The van der Waals surface area contributed by atoms with Crippen LogP contribution >= 0.6 is 0 Å². The van der Waals surface area contributed by atoms with E-state index in [-0.39, 0.29) is 6.04 Å². The highest BCUT2D eigenvalue weighted by atomic mass is 16.3. The van der Waals surface area contributed by atoms with E-state index in [4.69, 9.17) is 4.42 Å². The van der Waals surface area contributed by atoms with Gasteiger partial charge in [0.25, 0.3) is 0 Å². The molecule has 1 N–H and O–H groups in total. The van der Waals surface area contributed by atoms with Gasteiger partial charge in [-0.05, 0) is 42.3 Å². The quantitative estimate of drug-likeness (QED) is 0.551. The van der Waals surface area contributed by atoms with Crippen LogP contribution in [0, 0.1) is 6.92 Å². The van der Waals surface area contributed by atoms with Crippen molar-refractivity contribution in [2.24, 2.45) is 0 Å². The molecule has 5 rings (SSSR count). The van der Waals surface area contributed by atoms with Crippen molar-refractivity contribution in [1.29, 1.82) is 0 Å². The summed E-state index contributed by atoms with van der Waals surface area (Å²) in [5.41, 5.74) is 6.03. The van der Waals surface area contributed by atoms with Crippen molar-refractivity contribution in [3.63, 3.8) is 0 Å². The Morgan fingerprint density at radius 3 is 2.88 bits per heavy atom. The SMILES string of the molecule is Cc1cccc2c1-n1cccc1C(c1cc3ccccc3o1)NC2. The van der Waals surface area contributed by atoms with Gasteiger partial charge in [-0.2, -0.15) is 0 Å². The molecule has 3 heteroatoms. The van der Waals surface area contributed by atoms with E-state index in [9.17, 15) is 0 Å². The van der Waals surface area contributed by atoms with Crippen LogP contribution < -0.4 is 5.32 Å². The van der Waals surface area contributed by atoms with Gasteiger partial charge in [-0.3, -0.25) is 5.32 Å². The lowest BCUT2D eigenvalue weighted by Gasteiger charge is -2.15. The van der Waals surface area contributed by atoms with Gasteiger partial charge in [0.05, 0.1) is 5.69 Å². The van der Waals surface area contributed by atoms with Crippen LogP contribution in [0.5, 0.6) is 0 Å². The lowest BCUT2D eigenvalue weighted by molar-refractivity contribution is 0.465. The second-order valence-corrected chi connectivity index (χ2v) is 6.39. The fourth-order valence-corrected chi connectivity index (χ4v) is 3.75. The van der Waals surface area contributed by atoms with Crippen molar-refractivity contribution in [3.8, 4) is 5.69 Å². The number of aromatic nitrogens is 1. The average Bonchev–Trinajstić information content (AvgIpc) is 3.19. The van der Waals surface area contributed by atoms with Crippen LogP contribution in [0.3, 0.4) is 0 Å². The molecule has 118 valence electrons. The first-order chi connectivity index (χ1) is 11.8. The first kappa shape index (κ1) is 13.6. The summed E-state index contributed by atoms with van der Waals surface area (Å²) in [7, 11) is 0. The highest BCUT2D eigenvalue weighted by Crippen LogP contribution is 2.34. The van der Waals surface area contributed by atoms with Crippen LogP contribution in [0.2, 0.25) is 0 Å². The molecule has 2 aromatic heterocycles. The second-order valence-electron chi connectivity index (χ2n) is 6.39. The molecule has 3 nitrogen and oxygen atoms in total. The molecule has 3 heterocycles. The number of hydrogen-bond donors (Lipinski definition) is 1. The molecule has 4 aromatic rings. The molecule has 0 saturated carbocycles. The Hall–Kier alpha value is -2.78. The lowest BCUT2D eigenvalue weighted by atomic mass is 10.1. The number of rotatable bonds is 1. The van der Waals surface area contributed by atoms with Crippen LogP contribution in [-0.4, -0.2) is 4.57 Å². The zero-order valence-corrected chi connectivity index (χ0v) is 13.5. The number of benzene rings is 2. The van der Waals surface area contributed by atoms with Gasteiger partial charge in [-0.1, -0.05) is 36.4 Å². The Balaban J connectivity index is 1.70. The molecular weight excluding hydrogens is 296 g/mol. The van der Waals surface area contributed by atoms with Crippen molar-refractivity contribution < 1.29 is 4.42 Å². The fourth-order valence-electron chi connectivity index (χ4n) is 3.75. The Kier molecular flexibility index (Phi) is 2.91. The maximum atomic E-state index is 6.14. The Morgan fingerprint density at radius 1 is 1.04 bits per heavy atom. The van der Waals surface area contributed by atoms with E-state index in [2.05, 4.69) is 65.5 Å². The Morgan fingerprint density at radius 2 is 1.96 bits per heavy atom. The largest absolute Gasteiger partial charge is 0.459 e. The molecule has 2 aromatic carbocycles. The predicted molar refractivity (Wildman–Crippen MR) is 95.4 cm³/mol. The third kappa shape index (κ3) is 1.95. The lowest BCUT2D eigenvalue weighted by Crippen LogP contribution is -2.20. The molecule has 1 atom stereocenters. The maximum absolute atomic E-state index is 6.14. The summed E-state index contributed by atoms with van der Waals surface area (Å²) < 4.78 is 8.44. The van der Waals surface area contributed by atoms with Crippen molar-refractivity contribution in [1.82, 2.24) is 9.88 Å². The number of fused-ring (bicyclic) bond motifs is 4. The minimum atomic E-state index is 0.0409. The molecule has 0 spiro atoms. The second kappa shape index (κ2) is 5.11. The van der Waals surface area contributed by atoms with Gasteiger partial charge in [-0.25, -0.2) is 0 Å². The summed E-state index contributed by atoms with van der Waals surface area (Å²) in [5, 5.41) is 4.81. The Bertz CT molecular complexity index is 1010. The van der Waals surface area contributed by atoms with Gasteiger partial charge in [0, 0.05) is 23.8 Å². The highest BCUT2D eigenvalue weighted by molar-refractivity contribution is 5.78. The van der Waals surface area contributed by atoms with Crippen molar-refractivity contribution >= 4 is 11.0 Å². The zero-order chi connectivity index (χ0) is 16.1. The van der Waals surface area contributed by atoms with Crippen LogP contribution in [-0.2, 0) is 6.54 Å². The van der Waals surface area contributed by atoms with E-state index in [1.807, 2.05) is 18.2 Å². The zero-order valence-electron chi connectivity index (χ0n) is 13.5. The van der Waals surface area contributed by atoms with E-state index in [0.29, 0.717) is 0 Å². The summed E-state index contributed by atoms with van der Waals surface area (Å²) in [5.74, 6) is 0.960. The minimum absolute atomic E-state index is 0.0409. The van der Waals surface area contributed by atoms with E-state index in [0.717, 1.165) is 23.3 Å². The van der Waals surface area contributed by atoms with E-state index in [1.54, 1.807) is 0 Å². The molecule has 0 bridgehead atoms. The average molecular weight is 314 g/mol. The topological polar surface area (TPSA) is 30.1 Å². The highest BCUT2D eigenvalue weighted by Gasteiger charge is 2.26. The number of aryl methyl sites for hydroxylation is 1. The standard InChI is InChI=1S/C21H18N2O/c1-14-6-4-8-16-13-22-20(17-9-5-11-23(17)21(14)16)19-12-15-7-2-3-10-18(15)24-19/h2-12,20,22H,13H2,1H3. The van der Waals surface area contributed by atoms with Crippen molar-refractivity contribution in [3.05, 3.63) is 89.4 Å². The summed E-state index contributed by atoms with van der Waals surface area (Å²) in [6, 6.07) is 21.1. The predicted octanol–water partition coefficient (Wildman–Crippen LogP) is 4.72. The number of nitrogens with zero attached hydrogens (tertiary/aromatic N) is 1. The third-order valence-corrected chi connectivity index (χ3v) is 4.86. The van der Waals surface area contributed by atoms with Crippen LogP contribution in [0.15, 0.2) is 71.3 Å². The van der Waals surface area contributed by atoms with Crippen LogP contribution in [0.1, 0.15) is 28.6 Å². The molecule has 1 unspecified atom stereocenters. The summed E-state index contributed by atoms with van der Waals surface area (Å²) >= 11 is 0. The molecule has 1 aliphatic heterocycles. The summed E-state index contributed by atoms with van der Waals surface area (Å²) in [6.07, 6.45) is 2.14. The first-order valence-electron chi connectivity index (χ1n) is 8.29. The van der Waals surface area contributed by atoms with E-state index >= 15 is 0 Å². The van der Waals surface area contributed by atoms with E-state index < -0.39 is 0 Å². The van der Waals surface area contributed by atoms with Gasteiger partial charge >= 0.3 is 0 Å².